The van der Waals surface area contributed by atoms with Crippen molar-refractivity contribution >= 4 is 6.09 Å². The highest BCUT2D eigenvalue weighted by atomic mass is 16.6. The van der Waals surface area contributed by atoms with E-state index < -0.39 is 11.7 Å². The standard InChI is InChI=1S/C10H18N4O2/c1-10(2,3)16-9(15)13-8-5-4-7(8)6-12-14-11/h7-8H,4-6H2,1-3H3,(H,13,15)/t7-,8+/m0/s1. The van der Waals surface area contributed by atoms with Crippen LogP contribution < -0.4 is 5.32 Å². The lowest BCUT2D eigenvalue weighted by Gasteiger charge is -2.36. The summed E-state index contributed by atoms with van der Waals surface area (Å²) in [6, 6.07) is 0.0837. The number of carbonyl (C=O) groups excluding carboxylic acids is 1. The predicted molar refractivity (Wildman–Crippen MR) is 59.9 cm³/mol. The summed E-state index contributed by atoms with van der Waals surface area (Å²) >= 11 is 0. The van der Waals surface area contributed by atoms with E-state index >= 15 is 0 Å². The van der Waals surface area contributed by atoms with Crippen LogP contribution in [0.2, 0.25) is 0 Å². The zero-order valence-electron chi connectivity index (χ0n) is 9.93. The molecule has 0 radical (unpaired) electrons. The van der Waals surface area contributed by atoms with Crippen molar-refractivity contribution < 1.29 is 9.53 Å². The van der Waals surface area contributed by atoms with Crippen molar-refractivity contribution in [3.63, 3.8) is 0 Å². The number of azide groups is 1. The monoisotopic (exact) mass is 226 g/mol. The SMILES string of the molecule is CC(C)(C)OC(=O)N[C@@H]1CC[C@H]1CN=[N+]=[N-]. The molecule has 1 saturated carbocycles. The predicted octanol–water partition coefficient (Wildman–Crippen LogP) is 2.60. The molecule has 1 aliphatic carbocycles. The molecule has 1 fully saturated rings. The molecule has 0 aromatic heterocycles. The Morgan fingerprint density at radius 3 is 2.69 bits per heavy atom. The number of alkyl carbamates (subject to hydrolysis) is 1. The molecule has 0 aliphatic heterocycles. The molecule has 0 aromatic carbocycles. The first-order valence-corrected chi connectivity index (χ1v) is 5.43. The Bertz CT molecular complexity index is 304. The van der Waals surface area contributed by atoms with Crippen LogP contribution in [0.1, 0.15) is 33.6 Å². The Kier molecular flexibility index (Phi) is 4.01. The normalized spacial score (nSPS) is 23.9. The maximum absolute atomic E-state index is 11.4. The smallest absolute Gasteiger partial charge is 0.407 e. The number of hydrogen-bond acceptors (Lipinski definition) is 3. The average Bonchev–Trinajstić information content (AvgIpc) is 2.10. The number of carbonyl (C=O) groups is 1. The highest BCUT2D eigenvalue weighted by Gasteiger charge is 2.32. The van der Waals surface area contributed by atoms with E-state index in [-0.39, 0.29) is 12.0 Å². The van der Waals surface area contributed by atoms with Gasteiger partial charge in [0.25, 0.3) is 0 Å². The second-order valence-corrected chi connectivity index (χ2v) is 5.00. The number of nitrogens with one attached hydrogen (secondary N) is 1. The van der Waals surface area contributed by atoms with E-state index in [1.54, 1.807) is 0 Å². The highest BCUT2D eigenvalue weighted by molar-refractivity contribution is 5.68. The Hall–Kier alpha value is -1.42. The molecular weight excluding hydrogens is 208 g/mol. The molecular formula is C10H18N4O2. The fraction of sp³-hybridized carbons (Fsp3) is 0.900. The van der Waals surface area contributed by atoms with Gasteiger partial charge in [-0.15, -0.1) is 0 Å². The first-order valence-electron chi connectivity index (χ1n) is 5.43. The van der Waals surface area contributed by atoms with Crippen molar-refractivity contribution in [3.05, 3.63) is 10.4 Å². The molecule has 0 bridgehead atoms. The minimum Gasteiger partial charge on any atom is -0.444 e. The van der Waals surface area contributed by atoms with Crippen LogP contribution in [0.3, 0.4) is 0 Å². The number of hydrogen-bond donors (Lipinski definition) is 1. The van der Waals surface area contributed by atoms with E-state index in [0.717, 1.165) is 12.8 Å². The molecule has 0 saturated heterocycles. The number of rotatable bonds is 3. The van der Waals surface area contributed by atoms with Crippen molar-refractivity contribution in [1.29, 1.82) is 0 Å². The van der Waals surface area contributed by atoms with Gasteiger partial charge in [0.15, 0.2) is 0 Å². The van der Waals surface area contributed by atoms with Crippen LogP contribution >= 0.6 is 0 Å². The topological polar surface area (TPSA) is 87.1 Å². The van der Waals surface area contributed by atoms with Crippen LogP contribution in [0.25, 0.3) is 10.4 Å². The number of ether oxygens (including phenoxy) is 1. The molecule has 2 atom stereocenters. The molecule has 0 spiro atoms. The first kappa shape index (κ1) is 12.6. The fourth-order valence-electron chi connectivity index (χ4n) is 1.58. The number of nitrogens with zero attached hydrogens (tertiary/aromatic N) is 3. The largest absolute Gasteiger partial charge is 0.444 e. The quantitative estimate of drug-likeness (QED) is 0.455. The van der Waals surface area contributed by atoms with Crippen molar-refractivity contribution in [2.24, 2.45) is 11.0 Å². The lowest BCUT2D eigenvalue weighted by atomic mass is 9.80. The van der Waals surface area contributed by atoms with Gasteiger partial charge in [0.1, 0.15) is 5.60 Å². The van der Waals surface area contributed by atoms with Crippen LogP contribution in [0.15, 0.2) is 5.11 Å². The second kappa shape index (κ2) is 5.07. The molecule has 1 aliphatic rings. The lowest BCUT2D eigenvalue weighted by Crippen LogP contribution is -2.49. The third-order valence-corrected chi connectivity index (χ3v) is 2.50. The van der Waals surface area contributed by atoms with Gasteiger partial charge in [0.05, 0.1) is 0 Å². The van der Waals surface area contributed by atoms with Gasteiger partial charge in [0.2, 0.25) is 0 Å². The van der Waals surface area contributed by atoms with E-state index in [9.17, 15) is 4.79 Å². The minimum absolute atomic E-state index is 0.0837. The van der Waals surface area contributed by atoms with Gasteiger partial charge in [-0.1, -0.05) is 5.11 Å². The number of amides is 1. The summed E-state index contributed by atoms with van der Waals surface area (Å²) in [4.78, 5) is 14.2. The van der Waals surface area contributed by atoms with Crippen LogP contribution in [0, 0.1) is 5.92 Å². The lowest BCUT2D eigenvalue weighted by molar-refractivity contribution is 0.0441. The fourth-order valence-corrected chi connectivity index (χ4v) is 1.58. The Morgan fingerprint density at radius 1 is 1.56 bits per heavy atom. The van der Waals surface area contributed by atoms with Crippen LogP contribution in [0.4, 0.5) is 4.79 Å². The molecule has 0 aromatic rings. The molecule has 1 N–H and O–H groups in total. The second-order valence-electron chi connectivity index (χ2n) is 5.00. The van der Waals surface area contributed by atoms with E-state index in [4.69, 9.17) is 10.3 Å². The van der Waals surface area contributed by atoms with E-state index in [0.29, 0.717) is 6.54 Å². The minimum atomic E-state index is -0.478. The van der Waals surface area contributed by atoms with Crippen LogP contribution in [-0.4, -0.2) is 24.3 Å². The highest BCUT2D eigenvalue weighted by Crippen LogP contribution is 2.28. The summed E-state index contributed by atoms with van der Waals surface area (Å²) in [5.41, 5.74) is 7.72. The van der Waals surface area contributed by atoms with Gasteiger partial charge in [0, 0.05) is 17.5 Å². The molecule has 90 valence electrons. The van der Waals surface area contributed by atoms with E-state index in [1.807, 2.05) is 20.8 Å². The molecule has 16 heavy (non-hydrogen) atoms. The van der Waals surface area contributed by atoms with Gasteiger partial charge in [-0.2, -0.15) is 0 Å². The third-order valence-electron chi connectivity index (χ3n) is 2.50. The summed E-state index contributed by atoms with van der Waals surface area (Å²) in [5, 5.41) is 6.30. The van der Waals surface area contributed by atoms with Crippen molar-refractivity contribution in [1.82, 2.24) is 5.32 Å². The summed E-state index contributed by atoms with van der Waals surface area (Å²) in [6.07, 6.45) is 1.51. The molecule has 6 heteroatoms. The van der Waals surface area contributed by atoms with Crippen molar-refractivity contribution in [3.8, 4) is 0 Å². The zero-order valence-corrected chi connectivity index (χ0v) is 9.93. The summed E-state index contributed by atoms with van der Waals surface area (Å²) in [5.74, 6) is 0.253. The van der Waals surface area contributed by atoms with Crippen LogP contribution in [0.5, 0.6) is 0 Å². The third kappa shape index (κ3) is 3.98. The van der Waals surface area contributed by atoms with E-state index in [2.05, 4.69) is 15.3 Å². The van der Waals surface area contributed by atoms with Crippen molar-refractivity contribution in [2.45, 2.75) is 45.3 Å². The summed E-state index contributed by atoms with van der Waals surface area (Å²) in [7, 11) is 0. The molecule has 6 nitrogen and oxygen atoms in total. The van der Waals surface area contributed by atoms with E-state index in [1.165, 1.54) is 0 Å². The molecule has 0 heterocycles. The maximum Gasteiger partial charge on any atom is 0.407 e. The van der Waals surface area contributed by atoms with Gasteiger partial charge < -0.3 is 10.1 Å². The van der Waals surface area contributed by atoms with Gasteiger partial charge in [-0.05, 0) is 45.1 Å². The first-order chi connectivity index (χ1) is 7.42. The van der Waals surface area contributed by atoms with Gasteiger partial charge in [-0.25, -0.2) is 4.79 Å². The van der Waals surface area contributed by atoms with Gasteiger partial charge >= 0.3 is 6.09 Å². The zero-order chi connectivity index (χ0) is 12.2. The van der Waals surface area contributed by atoms with Gasteiger partial charge in [-0.3, -0.25) is 0 Å². The average molecular weight is 226 g/mol. The molecule has 1 amide bonds. The maximum atomic E-state index is 11.4. The molecule has 0 unspecified atom stereocenters. The Labute approximate surface area is 95.0 Å². The summed E-state index contributed by atoms with van der Waals surface area (Å²) < 4.78 is 5.14. The Morgan fingerprint density at radius 2 is 2.25 bits per heavy atom. The Balaban J connectivity index is 2.32. The molecule has 1 rings (SSSR count). The summed E-state index contributed by atoms with van der Waals surface area (Å²) in [6.45, 7) is 5.91. The van der Waals surface area contributed by atoms with Crippen molar-refractivity contribution in [2.75, 3.05) is 6.54 Å². The van der Waals surface area contributed by atoms with Crippen LogP contribution in [-0.2, 0) is 4.74 Å².